The van der Waals surface area contributed by atoms with E-state index < -0.39 is 0 Å². The Hall–Kier alpha value is -2.22. The minimum absolute atomic E-state index is 0.0550. The molecule has 0 radical (unpaired) electrons. The van der Waals surface area contributed by atoms with Crippen molar-refractivity contribution in [2.45, 2.75) is 31.9 Å². The summed E-state index contributed by atoms with van der Waals surface area (Å²) in [5.41, 5.74) is 3.13. The number of hydrogen-bond acceptors (Lipinski definition) is 6. The van der Waals surface area contributed by atoms with Crippen molar-refractivity contribution < 1.29 is 9.84 Å². The first-order valence-electron chi connectivity index (χ1n) is 9.35. The number of hydrogen-bond donors (Lipinski definition) is 2. The van der Waals surface area contributed by atoms with Crippen molar-refractivity contribution in [3.8, 4) is 16.2 Å². The summed E-state index contributed by atoms with van der Waals surface area (Å²) in [6.45, 7) is 2.83. The fourth-order valence-electron chi connectivity index (χ4n) is 4.11. The molecule has 2 aliphatic heterocycles. The molecule has 0 unspecified atom stereocenters. The zero-order chi connectivity index (χ0) is 18.4. The Bertz CT molecular complexity index is 1040. The van der Waals surface area contributed by atoms with Gasteiger partial charge >= 0.3 is 0 Å². The van der Waals surface area contributed by atoms with E-state index in [-0.39, 0.29) is 11.7 Å². The van der Waals surface area contributed by atoms with Crippen LogP contribution in [0.1, 0.15) is 24.1 Å². The van der Waals surface area contributed by atoms with Crippen molar-refractivity contribution in [3.63, 3.8) is 0 Å². The second kappa shape index (κ2) is 6.74. The maximum absolute atomic E-state index is 12.9. The molecule has 0 aromatic carbocycles. The zero-order valence-electron chi connectivity index (χ0n) is 14.9. The number of pyridine rings is 2. The van der Waals surface area contributed by atoms with Crippen molar-refractivity contribution in [3.05, 3.63) is 46.1 Å². The smallest absolute Gasteiger partial charge is 0.266 e. The normalized spacial score (nSPS) is 20.0. The molecule has 0 saturated carbocycles. The van der Waals surface area contributed by atoms with Gasteiger partial charge in [0.2, 0.25) is 0 Å². The molecule has 1 atom stereocenters. The third kappa shape index (κ3) is 2.96. The second-order valence-electron chi connectivity index (χ2n) is 7.24. The molecule has 140 valence electrons. The zero-order valence-corrected chi connectivity index (χ0v) is 15.7. The van der Waals surface area contributed by atoms with Crippen LogP contribution in [0.25, 0.3) is 20.5 Å². The standard InChI is InChI=1S/C20H21N3O3S/c24-13-5-8-23(10-13)11-15-14-2-1-9-26-17-16(14)19(20(25)22-15)27-18(17)12-3-6-21-7-4-12/h3-4,6-7,13,24H,1-2,5,8-11H2,(H,22,25)/t13-/m0/s1. The van der Waals surface area contributed by atoms with Gasteiger partial charge in [0, 0.05) is 43.1 Å². The number of aromatic nitrogens is 2. The van der Waals surface area contributed by atoms with E-state index in [9.17, 15) is 9.90 Å². The summed E-state index contributed by atoms with van der Waals surface area (Å²) in [6.07, 6.45) is 5.86. The van der Waals surface area contributed by atoms with Crippen LogP contribution in [0.4, 0.5) is 0 Å². The van der Waals surface area contributed by atoms with Gasteiger partial charge in [-0.25, -0.2) is 0 Å². The molecule has 3 aromatic heterocycles. The van der Waals surface area contributed by atoms with E-state index in [2.05, 4.69) is 14.9 Å². The van der Waals surface area contributed by atoms with Crippen molar-refractivity contribution in [1.29, 1.82) is 0 Å². The number of nitrogens with one attached hydrogen (secondary N) is 1. The Labute approximate surface area is 160 Å². The SMILES string of the molecule is O=c1[nH]c(CN2CC[C@H](O)C2)c2c3c(c(-c4ccncc4)sc13)OCCC2. The highest BCUT2D eigenvalue weighted by atomic mass is 32.1. The topological polar surface area (TPSA) is 78.5 Å². The van der Waals surface area contributed by atoms with E-state index in [1.165, 1.54) is 16.9 Å². The maximum Gasteiger partial charge on any atom is 0.266 e. The van der Waals surface area contributed by atoms with Gasteiger partial charge in [-0.1, -0.05) is 0 Å². The Morgan fingerprint density at radius 3 is 3.00 bits per heavy atom. The van der Waals surface area contributed by atoms with Crippen LogP contribution in [-0.4, -0.2) is 45.8 Å². The first-order chi connectivity index (χ1) is 13.2. The summed E-state index contributed by atoms with van der Waals surface area (Å²) in [5, 5.41) is 10.8. The average molecular weight is 383 g/mol. The summed E-state index contributed by atoms with van der Waals surface area (Å²) >= 11 is 1.49. The van der Waals surface area contributed by atoms with Gasteiger partial charge < -0.3 is 14.8 Å². The predicted molar refractivity (Wildman–Crippen MR) is 105 cm³/mol. The highest BCUT2D eigenvalue weighted by Gasteiger charge is 2.27. The first-order valence-corrected chi connectivity index (χ1v) is 10.2. The highest BCUT2D eigenvalue weighted by Crippen LogP contribution is 2.46. The predicted octanol–water partition coefficient (Wildman–Crippen LogP) is 2.54. The largest absolute Gasteiger partial charge is 0.491 e. The molecule has 5 rings (SSSR count). The molecule has 27 heavy (non-hydrogen) atoms. The number of likely N-dealkylation sites (tertiary alicyclic amines) is 1. The molecule has 0 aliphatic carbocycles. The molecule has 5 heterocycles. The van der Waals surface area contributed by atoms with E-state index in [1.54, 1.807) is 12.4 Å². The van der Waals surface area contributed by atoms with Crippen molar-refractivity contribution >= 4 is 21.4 Å². The summed E-state index contributed by atoms with van der Waals surface area (Å²) < 4.78 is 6.86. The number of aliphatic hydroxyl groups is 1. The van der Waals surface area contributed by atoms with E-state index in [0.29, 0.717) is 19.7 Å². The van der Waals surface area contributed by atoms with Crippen LogP contribution in [0.3, 0.4) is 0 Å². The van der Waals surface area contributed by atoms with E-state index in [4.69, 9.17) is 4.74 Å². The lowest BCUT2D eigenvalue weighted by atomic mass is 10.0. The van der Waals surface area contributed by atoms with Crippen molar-refractivity contribution in [2.24, 2.45) is 0 Å². The molecular weight excluding hydrogens is 362 g/mol. The third-order valence-corrected chi connectivity index (χ3v) is 6.61. The Morgan fingerprint density at radius 2 is 2.22 bits per heavy atom. The number of rotatable bonds is 3. The molecular formula is C20H21N3O3S. The number of H-pyrrole nitrogens is 1. The van der Waals surface area contributed by atoms with Crippen LogP contribution in [0.15, 0.2) is 29.3 Å². The summed E-state index contributed by atoms with van der Waals surface area (Å²) in [5.74, 6) is 0.836. The van der Waals surface area contributed by atoms with Gasteiger partial charge in [-0.2, -0.15) is 0 Å². The number of aromatic amines is 1. The Kier molecular flexibility index (Phi) is 4.22. The fraction of sp³-hybridized carbons (Fsp3) is 0.400. The summed E-state index contributed by atoms with van der Waals surface area (Å²) in [7, 11) is 0. The van der Waals surface area contributed by atoms with Crippen LogP contribution in [0.2, 0.25) is 0 Å². The highest BCUT2D eigenvalue weighted by molar-refractivity contribution is 7.22. The summed E-state index contributed by atoms with van der Waals surface area (Å²) in [6, 6.07) is 3.91. The average Bonchev–Trinajstić information content (AvgIpc) is 3.18. The molecule has 7 heteroatoms. The van der Waals surface area contributed by atoms with Gasteiger partial charge in [-0.15, -0.1) is 11.3 Å². The molecule has 2 N–H and O–H groups in total. The van der Waals surface area contributed by atoms with Gasteiger partial charge in [-0.05, 0) is 42.5 Å². The van der Waals surface area contributed by atoms with Gasteiger partial charge in [0.1, 0.15) is 10.4 Å². The Morgan fingerprint density at radius 1 is 1.37 bits per heavy atom. The van der Waals surface area contributed by atoms with Crippen LogP contribution in [0.5, 0.6) is 5.75 Å². The first kappa shape index (κ1) is 16.9. The molecule has 0 spiro atoms. The summed E-state index contributed by atoms with van der Waals surface area (Å²) in [4.78, 5) is 23.3. The van der Waals surface area contributed by atoms with E-state index in [1.807, 2.05) is 12.1 Å². The third-order valence-electron chi connectivity index (χ3n) is 5.39. The molecule has 6 nitrogen and oxygen atoms in total. The number of β-amino-alcohol motifs (C(OH)–C–C–N with tert-alkyl or cyclic N) is 1. The van der Waals surface area contributed by atoms with Gasteiger partial charge in [0.05, 0.1) is 17.6 Å². The van der Waals surface area contributed by atoms with Crippen LogP contribution < -0.4 is 10.3 Å². The molecule has 0 bridgehead atoms. The molecule has 0 amide bonds. The van der Waals surface area contributed by atoms with Crippen LogP contribution >= 0.6 is 11.3 Å². The number of thiophene rings is 1. The quantitative estimate of drug-likeness (QED) is 0.727. The molecule has 2 aliphatic rings. The number of nitrogens with zero attached hydrogens (tertiary/aromatic N) is 2. The number of aryl methyl sites for hydroxylation is 1. The molecule has 1 saturated heterocycles. The van der Waals surface area contributed by atoms with E-state index in [0.717, 1.165) is 57.8 Å². The second-order valence-corrected chi connectivity index (χ2v) is 8.26. The lowest BCUT2D eigenvalue weighted by Gasteiger charge is -2.17. The minimum Gasteiger partial charge on any atom is -0.491 e. The van der Waals surface area contributed by atoms with Crippen LogP contribution in [-0.2, 0) is 13.0 Å². The fourth-order valence-corrected chi connectivity index (χ4v) is 5.29. The minimum atomic E-state index is -0.266. The van der Waals surface area contributed by atoms with Crippen molar-refractivity contribution in [2.75, 3.05) is 19.7 Å². The Balaban J connectivity index is 1.68. The van der Waals surface area contributed by atoms with E-state index >= 15 is 0 Å². The number of aliphatic hydroxyl groups excluding tert-OH is 1. The molecule has 3 aromatic rings. The monoisotopic (exact) mass is 383 g/mol. The van der Waals surface area contributed by atoms with Crippen molar-refractivity contribution in [1.82, 2.24) is 14.9 Å². The molecule has 1 fully saturated rings. The maximum atomic E-state index is 12.9. The van der Waals surface area contributed by atoms with Gasteiger partial charge in [-0.3, -0.25) is 14.7 Å². The lowest BCUT2D eigenvalue weighted by molar-refractivity contribution is 0.174. The van der Waals surface area contributed by atoms with Gasteiger partial charge in [0.15, 0.2) is 0 Å². The lowest BCUT2D eigenvalue weighted by Crippen LogP contribution is -2.24. The number of ether oxygens (including phenoxy) is 1. The van der Waals surface area contributed by atoms with Gasteiger partial charge in [0.25, 0.3) is 5.56 Å². The van der Waals surface area contributed by atoms with Crippen LogP contribution in [0, 0.1) is 0 Å².